The number of alkyl carbamates (subject to hydrolysis) is 2. The minimum absolute atomic E-state index is 0.0994. The maximum Gasteiger partial charge on any atom is 0.407 e. The zero-order chi connectivity index (χ0) is 47.1. The van der Waals surface area contributed by atoms with E-state index < -0.39 is 24.3 Å². The van der Waals surface area contributed by atoms with E-state index in [1.165, 1.54) is 96.4 Å². The molecule has 11 rings (SSSR count). The normalized spacial score (nSPS) is 24.2. The summed E-state index contributed by atoms with van der Waals surface area (Å²) >= 11 is 0. The topological polar surface area (TPSA) is 175 Å². The van der Waals surface area contributed by atoms with Gasteiger partial charge in [-0.25, -0.2) is 19.6 Å². The monoisotopic (exact) mass is 920 g/mol. The fourth-order valence-electron chi connectivity index (χ4n) is 13.1. The van der Waals surface area contributed by atoms with Crippen molar-refractivity contribution >= 4 is 35.0 Å². The zero-order valence-corrected chi connectivity index (χ0v) is 40.1. The number of aromatic nitrogens is 4. The van der Waals surface area contributed by atoms with E-state index in [0.717, 1.165) is 60.5 Å². The number of aromatic amines is 2. The van der Waals surface area contributed by atoms with Gasteiger partial charge in [-0.15, -0.1) is 0 Å². The number of hydrogen-bond acceptors (Lipinski definition) is 8. The molecule has 4 amide bonds. The Morgan fingerprint density at radius 1 is 0.676 bits per heavy atom. The average Bonchev–Trinajstić information content (AvgIpc) is 4.20. The van der Waals surface area contributed by atoms with E-state index in [4.69, 9.17) is 19.4 Å². The van der Waals surface area contributed by atoms with Gasteiger partial charge in [0, 0.05) is 18.7 Å². The summed E-state index contributed by atoms with van der Waals surface area (Å²) in [6.45, 7) is 8.96. The highest BCUT2D eigenvalue weighted by Gasteiger charge is 2.45. The number of likely N-dealkylation sites (tertiary alicyclic amines) is 2. The number of benzene rings is 3. The molecule has 0 spiro atoms. The molecule has 0 radical (unpaired) electrons. The number of ether oxygens (including phenoxy) is 2. The summed E-state index contributed by atoms with van der Waals surface area (Å²) in [5.41, 5.74) is 15.3. The van der Waals surface area contributed by atoms with Crippen molar-refractivity contribution in [2.45, 2.75) is 134 Å². The Balaban J connectivity index is 0.900. The molecule has 2 bridgehead atoms. The van der Waals surface area contributed by atoms with Gasteiger partial charge in [0.1, 0.15) is 23.7 Å². The zero-order valence-electron chi connectivity index (χ0n) is 40.1. The van der Waals surface area contributed by atoms with Crippen LogP contribution in [0.3, 0.4) is 0 Å². The van der Waals surface area contributed by atoms with Crippen LogP contribution < -0.4 is 10.6 Å². The second-order valence-corrected chi connectivity index (χ2v) is 21.0. The van der Waals surface area contributed by atoms with E-state index in [0.29, 0.717) is 36.8 Å². The molecule has 4 N–H and O–H groups in total. The number of H-pyrrole nitrogens is 2. The SMILES string of the molecule is COC(=O)N[C@H](C(=O)N1CCC[C@H]1c1ncc(-c2ccc(-c3ccc(-c4ccc5nc([C@@H]6CCCN6C(=O)[C@@H](NC(=O)OC)C(C)C)[nH]c5c4)c4c3CC3CCC43)c3c2C2CCC3C2)[nH]1)C(C)C. The molecule has 4 aliphatic carbocycles. The Labute approximate surface area is 397 Å². The second-order valence-electron chi connectivity index (χ2n) is 21.0. The van der Waals surface area contributed by atoms with E-state index in [-0.39, 0.29) is 35.7 Å². The summed E-state index contributed by atoms with van der Waals surface area (Å²) in [6, 6.07) is 14.3. The summed E-state index contributed by atoms with van der Waals surface area (Å²) in [7, 11) is 2.63. The molecule has 14 nitrogen and oxygen atoms in total. The third kappa shape index (κ3) is 7.35. The summed E-state index contributed by atoms with van der Waals surface area (Å²) in [4.78, 5) is 73.2. The molecule has 14 heteroatoms. The second kappa shape index (κ2) is 17.4. The van der Waals surface area contributed by atoms with Crippen molar-refractivity contribution in [3.05, 3.63) is 82.6 Å². The number of rotatable bonds is 11. The Bertz CT molecular complexity index is 2830. The summed E-state index contributed by atoms with van der Waals surface area (Å²) in [6.07, 6.45) is 11.3. The number of amides is 4. The summed E-state index contributed by atoms with van der Waals surface area (Å²) in [5, 5.41) is 5.52. The number of carbonyl (C=O) groups is 4. The third-order valence-electron chi connectivity index (χ3n) is 16.6. The van der Waals surface area contributed by atoms with Gasteiger partial charge in [0.25, 0.3) is 0 Å². The molecule has 4 heterocycles. The molecule has 356 valence electrons. The standard InChI is InChI=1S/C54H64N8O6/c1-27(2)47(59-53(65)67-5)51(63)61-21-7-9-42(61)49-55-26-41(58-49)37-19-18-36(44-31-11-12-32(23-31)45(37)44)35-17-16-34(46-33-15-13-29(33)24-38(35)46)30-14-20-39-40(25-30)57-50(56-39)43-10-8-22-62(43)52(64)48(28(3)4)60-54(66)68-6/h14,16-20,25-29,31-33,42-43,47-48H,7-13,15,21-24H2,1-6H3,(H,55,58)(H,56,57)(H,59,65)(H,60,66)/t29?,31?,32?,33?,42-,43-,47-,48-/m0/s1. The number of carbonyl (C=O) groups excluding carboxylic acids is 4. The van der Waals surface area contributed by atoms with Gasteiger partial charge in [-0.05, 0) is 156 Å². The van der Waals surface area contributed by atoms with Crippen LogP contribution in [0, 0.1) is 17.8 Å². The Kier molecular flexibility index (Phi) is 11.3. The first-order chi connectivity index (χ1) is 32.9. The van der Waals surface area contributed by atoms with Crippen LogP contribution >= 0.6 is 0 Å². The van der Waals surface area contributed by atoms with Crippen LogP contribution in [0.15, 0.2) is 48.7 Å². The molecule has 2 saturated carbocycles. The maximum atomic E-state index is 13.9. The van der Waals surface area contributed by atoms with E-state index >= 15 is 0 Å². The first-order valence-corrected chi connectivity index (χ1v) is 25.1. The van der Waals surface area contributed by atoms with Gasteiger partial charge >= 0.3 is 12.2 Å². The number of imidazole rings is 2. The van der Waals surface area contributed by atoms with E-state index in [1.807, 2.05) is 43.7 Å². The lowest BCUT2D eigenvalue weighted by Gasteiger charge is -2.31. The van der Waals surface area contributed by atoms with Crippen LogP contribution in [-0.2, 0) is 25.5 Å². The molecule has 68 heavy (non-hydrogen) atoms. The number of hydrogen-bond donors (Lipinski definition) is 4. The van der Waals surface area contributed by atoms with Gasteiger partial charge in [-0.1, -0.05) is 58.0 Å². The molecule has 4 unspecified atom stereocenters. The molecule has 6 aliphatic rings. The molecule has 2 aromatic heterocycles. The molecule has 2 saturated heterocycles. The van der Waals surface area contributed by atoms with Gasteiger partial charge in [-0.3, -0.25) is 9.59 Å². The van der Waals surface area contributed by atoms with Gasteiger partial charge in [0.15, 0.2) is 0 Å². The van der Waals surface area contributed by atoms with Crippen LogP contribution in [0.4, 0.5) is 9.59 Å². The predicted octanol–water partition coefficient (Wildman–Crippen LogP) is 9.79. The lowest BCUT2D eigenvalue weighted by atomic mass is 9.73. The highest BCUT2D eigenvalue weighted by molar-refractivity contribution is 5.90. The number of nitrogens with zero attached hydrogens (tertiary/aromatic N) is 4. The van der Waals surface area contributed by atoms with E-state index in [2.05, 4.69) is 63.1 Å². The van der Waals surface area contributed by atoms with Crippen LogP contribution in [-0.4, -0.2) is 93.1 Å². The van der Waals surface area contributed by atoms with Crippen molar-refractivity contribution in [3.63, 3.8) is 0 Å². The van der Waals surface area contributed by atoms with Gasteiger partial charge in [0.2, 0.25) is 11.8 Å². The minimum Gasteiger partial charge on any atom is -0.453 e. The van der Waals surface area contributed by atoms with Crippen molar-refractivity contribution in [2.75, 3.05) is 27.3 Å². The average molecular weight is 921 g/mol. The van der Waals surface area contributed by atoms with Gasteiger partial charge < -0.3 is 39.9 Å². The molecule has 8 atom stereocenters. The van der Waals surface area contributed by atoms with Crippen LogP contribution in [0.2, 0.25) is 0 Å². The quantitative estimate of drug-likeness (QED) is 0.101. The first kappa shape index (κ1) is 44.3. The van der Waals surface area contributed by atoms with Crippen LogP contribution in [0.25, 0.3) is 44.5 Å². The molecule has 5 aromatic rings. The summed E-state index contributed by atoms with van der Waals surface area (Å²) < 4.78 is 9.69. The van der Waals surface area contributed by atoms with Crippen molar-refractivity contribution in [1.29, 1.82) is 0 Å². The lowest BCUT2D eigenvalue weighted by Crippen LogP contribution is -2.51. The number of methoxy groups -OCH3 is 2. The van der Waals surface area contributed by atoms with Crippen molar-refractivity contribution in [1.82, 2.24) is 40.4 Å². The predicted molar refractivity (Wildman–Crippen MR) is 259 cm³/mol. The van der Waals surface area contributed by atoms with E-state index in [1.54, 1.807) is 0 Å². The van der Waals surface area contributed by atoms with Gasteiger partial charge in [0.05, 0.1) is 49.2 Å². The fourth-order valence-corrected chi connectivity index (χ4v) is 13.1. The molecular weight excluding hydrogens is 857 g/mol. The van der Waals surface area contributed by atoms with Crippen LogP contribution in [0.1, 0.15) is 149 Å². The third-order valence-corrected chi connectivity index (χ3v) is 16.6. The summed E-state index contributed by atoms with van der Waals surface area (Å²) in [5.74, 6) is 3.41. The molecule has 3 aromatic carbocycles. The maximum absolute atomic E-state index is 13.9. The largest absolute Gasteiger partial charge is 0.453 e. The smallest absolute Gasteiger partial charge is 0.407 e. The lowest BCUT2D eigenvalue weighted by molar-refractivity contribution is -0.136. The molecular formula is C54H64N8O6. The number of nitrogens with one attached hydrogen (secondary N) is 4. The molecule has 2 aliphatic heterocycles. The Hall–Kier alpha value is -6.18. The number of fused-ring (bicyclic) bond motifs is 9. The fraction of sp³-hybridized carbons (Fsp3) is 0.519. The Morgan fingerprint density at radius 2 is 1.28 bits per heavy atom. The van der Waals surface area contributed by atoms with Crippen molar-refractivity contribution < 1.29 is 28.7 Å². The van der Waals surface area contributed by atoms with Crippen molar-refractivity contribution in [3.8, 4) is 33.5 Å². The molecule has 4 fully saturated rings. The highest BCUT2D eigenvalue weighted by Crippen LogP contribution is 2.61. The first-order valence-electron chi connectivity index (χ1n) is 25.1. The van der Waals surface area contributed by atoms with E-state index in [9.17, 15) is 19.2 Å². The highest BCUT2D eigenvalue weighted by atomic mass is 16.5. The van der Waals surface area contributed by atoms with Crippen molar-refractivity contribution in [2.24, 2.45) is 17.8 Å². The minimum atomic E-state index is -0.685. The Morgan fingerprint density at radius 3 is 1.90 bits per heavy atom. The van der Waals surface area contributed by atoms with Gasteiger partial charge in [-0.2, -0.15) is 0 Å². The van der Waals surface area contributed by atoms with Crippen LogP contribution in [0.5, 0.6) is 0 Å².